The van der Waals surface area contributed by atoms with E-state index < -0.39 is 11.6 Å². The maximum atomic E-state index is 13.4. The average Bonchev–Trinajstić information content (AvgIpc) is 3.52. The fraction of sp³-hybridized carbons (Fsp3) is 0.0357. The predicted molar refractivity (Wildman–Crippen MR) is 139 cm³/mol. The molecule has 3 heterocycles. The Bertz CT molecular complexity index is 1540. The van der Waals surface area contributed by atoms with Crippen LogP contribution in [0.2, 0.25) is 0 Å². The Morgan fingerprint density at radius 2 is 1.89 bits per heavy atom. The van der Waals surface area contributed by atoms with Crippen molar-refractivity contribution in [1.82, 2.24) is 15.3 Å². The first-order valence-corrected chi connectivity index (χ1v) is 11.4. The molecule has 184 valence electrons. The molecule has 7 nitrogen and oxygen atoms in total. The van der Waals surface area contributed by atoms with E-state index in [0.29, 0.717) is 17.1 Å². The van der Waals surface area contributed by atoms with Gasteiger partial charge in [0.15, 0.2) is 11.6 Å². The highest BCUT2D eigenvalue weighted by molar-refractivity contribution is 6.34. The zero-order chi connectivity index (χ0) is 25.8. The Kier molecular flexibility index (Phi) is 6.58. The number of fused-ring (bicyclic) bond motifs is 1. The summed E-state index contributed by atoms with van der Waals surface area (Å²) in [5.41, 5.74) is 4.33. The zero-order valence-electron chi connectivity index (χ0n) is 19.4. The topological polar surface area (TPSA) is 98.9 Å². The summed E-state index contributed by atoms with van der Waals surface area (Å²) in [7, 11) is 0. The lowest BCUT2D eigenvalue weighted by atomic mass is 10.0. The van der Waals surface area contributed by atoms with E-state index in [2.05, 4.69) is 25.9 Å². The Balaban J connectivity index is 1.19. The Morgan fingerprint density at radius 1 is 1.00 bits per heavy atom. The Labute approximate surface area is 211 Å². The number of nitrogens with zero attached hydrogens (tertiary/aromatic N) is 1. The van der Waals surface area contributed by atoms with Crippen molar-refractivity contribution in [3.05, 3.63) is 113 Å². The van der Waals surface area contributed by atoms with E-state index in [1.165, 1.54) is 6.07 Å². The van der Waals surface area contributed by atoms with Gasteiger partial charge in [-0.2, -0.15) is 0 Å². The van der Waals surface area contributed by atoms with Gasteiger partial charge in [-0.05, 0) is 54.1 Å². The van der Waals surface area contributed by atoms with E-state index in [1.807, 2.05) is 42.5 Å². The van der Waals surface area contributed by atoms with Crippen LogP contribution in [0.25, 0.3) is 17.7 Å². The largest absolute Gasteiger partial charge is 0.362 e. The normalized spacial score (nSPS) is 13.6. The van der Waals surface area contributed by atoms with Crippen molar-refractivity contribution in [2.45, 2.75) is 0 Å². The number of pyridine rings is 1. The van der Waals surface area contributed by atoms with Crippen molar-refractivity contribution in [2.75, 3.05) is 17.2 Å². The molecule has 2 aromatic heterocycles. The number of anilines is 3. The fourth-order valence-corrected chi connectivity index (χ4v) is 3.84. The van der Waals surface area contributed by atoms with Crippen molar-refractivity contribution in [3.63, 3.8) is 0 Å². The Hall–Kier alpha value is -5.05. The fourth-order valence-electron chi connectivity index (χ4n) is 3.84. The number of hydrogen-bond acceptors (Lipinski definition) is 4. The van der Waals surface area contributed by atoms with E-state index in [-0.39, 0.29) is 24.1 Å². The van der Waals surface area contributed by atoms with Crippen LogP contribution in [0.4, 0.5) is 26.0 Å². The number of carbonyl (C=O) groups excluding carboxylic acids is 2. The van der Waals surface area contributed by atoms with E-state index >= 15 is 0 Å². The van der Waals surface area contributed by atoms with Gasteiger partial charge in [0.05, 0.1) is 5.57 Å². The van der Waals surface area contributed by atoms with Gasteiger partial charge in [-0.15, -0.1) is 0 Å². The quantitative estimate of drug-likeness (QED) is 0.258. The van der Waals surface area contributed by atoms with Gasteiger partial charge >= 0.3 is 0 Å². The first kappa shape index (κ1) is 23.7. The van der Waals surface area contributed by atoms with Gasteiger partial charge in [-0.1, -0.05) is 30.4 Å². The molecule has 0 saturated heterocycles. The van der Waals surface area contributed by atoms with Crippen LogP contribution in [0, 0.1) is 11.6 Å². The number of aromatic amines is 1. The molecule has 0 bridgehead atoms. The van der Waals surface area contributed by atoms with Gasteiger partial charge < -0.3 is 20.9 Å². The molecule has 0 spiro atoms. The number of halogens is 2. The van der Waals surface area contributed by atoms with Gasteiger partial charge in [0.1, 0.15) is 11.5 Å². The molecule has 1 aliphatic rings. The van der Waals surface area contributed by atoms with Gasteiger partial charge in [-0.25, -0.2) is 13.8 Å². The van der Waals surface area contributed by atoms with Crippen molar-refractivity contribution < 1.29 is 18.4 Å². The first-order valence-electron chi connectivity index (χ1n) is 11.4. The van der Waals surface area contributed by atoms with Gasteiger partial charge in [-0.3, -0.25) is 9.59 Å². The molecule has 0 fully saturated rings. The summed E-state index contributed by atoms with van der Waals surface area (Å²) in [6.07, 6.45) is 7.23. The lowest BCUT2D eigenvalue weighted by Gasteiger charge is -2.08. The number of hydrogen-bond donors (Lipinski definition) is 4. The van der Waals surface area contributed by atoms with E-state index in [0.717, 1.165) is 34.6 Å². The minimum absolute atomic E-state index is 0.160. The van der Waals surface area contributed by atoms with Crippen LogP contribution >= 0.6 is 0 Å². The van der Waals surface area contributed by atoms with Crippen LogP contribution in [0.15, 0.2) is 79.0 Å². The van der Waals surface area contributed by atoms with E-state index in [1.54, 1.807) is 30.5 Å². The molecular formula is C28H21F2N5O2. The van der Waals surface area contributed by atoms with Crippen LogP contribution in [-0.2, 0) is 4.79 Å². The number of benzene rings is 2. The number of amides is 2. The summed E-state index contributed by atoms with van der Waals surface area (Å²) in [4.78, 5) is 32.2. The molecule has 0 saturated carbocycles. The summed E-state index contributed by atoms with van der Waals surface area (Å²) >= 11 is 0. The van der Waals surface area contributed by atoms with Gasteiger partial charge in [0.2, 0.25) is 0 Å². The van der Waals surface area contributed by atoms with Crippen molar-refractivity contribution in [2.24, 2.45) is 0 Å². The van der Waals surface area contributed by atoms with E-state index in [4.69, 9.17) is 0 Å². The van der Waals surface area contributed by atoms with Crippen LogP contribution in [-0.4, -0.2) is 28.3 Å². The van der Waals surface area contributed by atoms with Crippen LogP contribution < -0.4 is 16.0 Å². The third kappa shape index (κ3) is 5.46. The highest BCUT2D eigenvalue weighted by Crippen LogP contribution is 2.33. The monoisotopic (exact) mass is 497 g/mol. The molecule has 9 heteroatoms. The number of H-pyrrole nitrogens is 1. The zero-order valence-corrected chi connectivity index (χ0v) is 19.4. The van der Waals surface area contributed by atoms with Crippen molar-refractivity contribution >= 4 is 46.7 Å². The summed E-state index contributed by atoms with van der Waals surface area (Å²) in [5, 5.41) is 8.49. The van der Waals surface area contributed by atoms with Gasteiger partial charge in [0.25, 0.3) is 11.8 Å². The molecule has 2 amide bonds. The van der Waals surface area contributed by atoms with Crippen molar-refractivity contribution in [3.8, 4) is 0 Å². The lowest BCUT2D eigenvalue weighted by Crippen LogP contribution is -2.24. The molecule has 37 heavy (non-hydrogen) atoms. The van der Waals surface area contributed by atoms with Crippen LogP contribution in [0.3, 0.4) is 0 Å². The molecule has 0 atom stereocenters. The molecule has 4 N–H and O–H groups in total. The molecule has 0 unspecified atom stereocenters. The van der Waals surface area contributed by atoms with Crippen LogP contribution in [0.5, 0.6) is 0 Å². The van der Waals surface area contributed by atoms with E-state index in [9.17, 15) is 18.4 Å². The molecule has 4 aromatic rings. The SMILES string of the molecule is O=C1Nc2cc(C=CCNC(=O)c3cccc(Nc4ccc(F)c(F)c4)n3)ccc2C1=Cc1ccc[nH]1. The molecule has 0 radical (unpaired) electrons. The average molecular weight is 498 g/mol. The van der Waals surface area contributed by atoms with Crippen molar-refractivity contribution in [1.29, 1.82) is 0 Å². The minimum atomic E-state index is -0.982. The number of nitrogens with one attached hydrogen (secondary N) is 4. The number of carbonyl (C=O) groups is 2. The molecule has 0 aliphatic carbocycles. The third-order valence-electron chi connectivity index (χ3n) is 5.61. The second-order valence-corrected chi connectivity index (χ2v) is 8.22. The maximum absolute atomic E-state index is 13.4. The second kappa shape index (κ2) is 10.3. The third-order valence-corrected chi connectivity index (χ3v) is 5.61. The highest BCUT2D eigenvalue weighted by Gasteiger charge is 2.24. The molecule has 5 rings (SSSR count). The highest BCUT2D eigenvalue weighted by atomic mass is 19.2. The molecular weight excluding hydrogens is 476 g/mol. The Morgan fingerprint density at radius 3 is 2.70 bits per heavy atom. The predicted octanol–water partition coefficient (Wildman–Crippen LogP) is 5.37. The minimum Gasteiger partial charge on any atom is -0.362 e. The second-order valence-electron chi connectivity index (χ2n) is 8.22. The van der Waals surface area contributed by atoms with Gasteiger partial charge in [0, 0.05) is 41.4 Å². The molecule has 2 aromatic carbocycles. The summed E-state index contributed by atoms with van der Waals surface area (Å²) in [5.74, 6) is -2.16. The summed E-state index contributed by atoms with van der Waals surface area (Å²) in [6.45, 7) is 0.253. The lowest BCUT2D eigenvalue weighted by molar-refractivity contribution is -0.110. The smallest absolute Gasteiger partial charge is 0.270 e. The summed E-state index contributed by atoms with van der Waals surface area (Å²) < 4.78 is 26.5. The standard InChI is InChI=1S/C28H21F2N5O2/c29-22-11-9-19(16-23(22)30)33-26-7-1-6-24(34-26)28(37)32-13-2-4-17-8-10-20-21(15-18-5-3-12-31-18)27(36)35-25(20)14-17/h1-12,14-16,31H,13H2,(H,32,37)(H,33,34)(H,35,36). The molecule has 1 aliphatic heterocycles. The first-order chi connectivity index (χ1) is 18.0. The number of rotatable bonds is 7. The number of aromatic nitrogens is 2. The summed E-state index contributed by atoms with van der Waals surface area (Å²) in [6, 6.07) is 17.6. The maximum Gasteiger partial charge on any atom is 0.270 e. The van der Waals surface area contributed by atoms with Crippen LogP contribution in [0.1, 0.15) is 27.3 Å².